The number of hydrogen-bond acceptors (Lipinski definition) is 6. The van der Waals surface area contributed by atoms with Gasteiger partial charge in [-0.15, -0.1) is 0 Å². The molecule has 6 nitrogen and oxygen atoms in total. The molecule has 0 unspecified atom stereocenters. The monoisotopic (exact) mass is 363 g/mol. The molecule has 0 saturated carbocycles. The maximum Gasteiger partial charge on any atom is 0.227 e. The molecule has 1 aliphatic rings. The van der Waals surface area contributed by atoms with Crippen molar-refractivity contribution in [1.82, 2.24) is 14.9 Å². The number of aromatic nitrogens is 2. The highest BCUT2D eigenvalue weighted by molar-refractivity contribution is 5.90. The zero-order valence-electron chi connectivity index (χ0n) is 15.9. The van der Waals surface area contributed by atoms with Gasteiger partial charge in [0.15, 0.2) is 0 Å². The van der Waals surface area contributed by atoms with Gasteiger partial charge in [0, 0.05) is 38.1 Å². The van der Waals surface area contributed by atoms with Crippen LogP contribution in [0.2, 0.25) is 0 Å². The van der Waals surface area contributed by atoms with Gasteiger partial charge in [-0.05, 0) is 36.9 Å². The summed E-state index contributed by atoms with van der Waals surface area (Å²) in [5.74, 6) is 2.53. The molecule has 1 aromatic heterocycles. The molecule has 3 aromatic rings. The van der Waals surface area contributed by atoms with Gasteiger partial charge in [-0.1, -0.05) is 24.3 Å². The molecule has 0 atom stereocenters. The van der Waals surface area contributed by atoms with Crippen molar-refractivity contribution in [1.29, 1.82) is 0 Å². The first-order chi connectivity index (χ1) is 13.2. The Bertz CT molecular complexity index is 921. The van der Waals surface area contributed by atoms with Crippen LogP contribution in [-0.2, 0) is 6.54 Å². The van der Waals surface area contributed by atoms with E-state index in [1.54, 1.807) is 7.11 Å². The van der Waals surface area contributed by atoms with Gasteiger partial charge in [-0.2, -0.15) is 4.98 Å². The normalized spacial score (nSPS) is 15.1. The number of fused-ring (bicyclic) bond motifs is 1. The number of piperazine rings is 1. The van der Waals surface area contributed by atoms with Crippen LogP contribution in [0.5, 0.6) is 5.75 Å². The highest BCUT2D eigenvalue weighted by Gasteiger charge is 2.18. The average molecular weight is 363 g/mol. The summed E-state index contributed by atoms with van der Waals surface area (Å²) in [7, 11) is 3.84. The minimum Gasteiger partial charge on any atom is -0.497 e. The lowest BCUT2D eigenvalue weighted by Gasteiger charge is -2.32. The second-order valence-electron chi connectivity index (χ2n) is 6.88. The van der Waals surface area contributed by atoms with E-state index in [0.29, 0.717) is 6.54 Å². The molecule has 0 spiro atoms. The first-order valence-electron chi connectivity index (χ1n) is 9.30. The molecule has 1 fully saturated rings. The molecule has 0 amide bonds. The van der Waals surface area contributed by atoms with Crippen molar-refractivity contribution in [2.75, 3.05) is 50.6 Å². The zero-order valence-corrected chi connectivity index (χ0v) is 15.9. The van der Waals surface area contributed by atoms with Gasteiger partial charge in [-0.3, -0.25) is 0 Å². The van der Waals surface area contributed by atoms with Crippen LogP contribution >= 0.6 is 0 Å². The first kappa shape index (κ1) is 17.5. The van der Waals surface area contributed by atoms with Gasteiger partial charge in [0.2, 0.25) is 5.95 Å². The van der Waals surface area contributed by atoms with Crippen LogP contribution in [-0.4, -0.2) is 55.2 Å². The highest BCUT2D eigenvalue weighted by Crippen LogP contribution is 2.25. The van der Waals surface area contributed by atoms with E-state index in [0.717, 1.165) is 60.2 Å². The molecule has 1 aliphatic heterocycles. The Morgan fingerprint density at radius 1 is 1.00 bits per heavy atom. The second kappa shape index (κ2) is 7.80. The molecule has 0 radical (unpaired) electrons. The van der Waals surface area contributed by atoms with Crippen molar-refractivity contribution in [3.63, 3.8) is 0 Å². The third-order valence-corrected chi connectivity index (χ3v) is 4.97. The van der Waals surface area contributed by atoms with E-state index in [1.807, 2.05) is 36.4 Å². The van der Waals surface area contributed by atoms with Crippen LogP contribution in [0.1, 0.15) is 5.56 Å². The van der Waals surface area contributed by atoms with Gasteiger partial charge >= 0.3 is 0 Å². The van der Waals surface area contributed by atoms with Crippen LogP contribution in [0.25, 0.3) is 10.9 Å². The predicted molar refractivity (Wildman–Crippen MR) is 110 cm³/mol. The smallest absolute Gasteiger partial charge is 0.227 e. The van der Waals surface area contributed by atoms with Crippen LogP contribution in [0, 0.1) is 0 Å². The van der Waals surface area contributed by atoms with Gasteiger partial charge in [0.1, 0.15) is 11.6 Å². The standard InChI is InChI=1S/C21H25N5O/c1-25-10-12-26(13-11-25)21-23-19-9-4-3-8-18(19)20(24-21)22-15-16-6-5-7-17(14-16)27-2/h3-9,14H,10-13,15H2,1-2H3,(H,22,23,24). The van der Waals surface area contributed by atoms with E-state index in [-0.39, 0.29) is 0 Å². The minimum absolute atomic E-state index is 0.681. The number of nitrogens with zero attached hydrogens (tertiary/aromatic N) is 4. The molecular weight excluding hydrogens is 338 g/mol. The third kappa shape index (κ3) is 3.95. The molecular formula is C21H25N5O. The average Bonchev–Trinajstić information content (AvgIpc) is 2.72. The highest BCUT2D eigenvalue weighted by atomic mass is 16.5. The molecule has 1 saturated heterocycles. The number of para-hydroxylation sites is 1. The predicted octanol–water partition coefficient (Wildman–Crippen LogP) is 3.00. The Morgan fingerprint density at radius 3 is 2.63 bits per heavy atom. The maximum atomic E-state index is 5.32. The van der Waals surface area contributed by atoms with E-state index in [1.165, 1.54) is 0 Å². The third-order valence-electron chi connectivity index (χ3n) is 4.97. The van der Waals surface area contributed by atoms with Crippen molar-refractivity contribution >= 4 is 22.7 Å². The van der Waals surface area contributed by atoms with Gasteiger partial charge in [0.05, 0.1) is 12.6 Å². The number of nitrogens with one attached hydrogen (secondary N) is 1. The van der Waals surface area contributed by atoms with Crippen LogP contribution in [0.15, 0.2) is 48.5 Å². The first-order valence-corrected chi connectivity index (χ1v) is 9.30. The molecule has 2 heterocycles. The number of likely N-dealkylation sites (N-methyl/N-ethyl adjacent to an activating group) is 1. The van der Waals surface area contributed by atoms with E-state index >= 15 is 0 Å². The summed E-state index contributed by atoms with van der Waals surface area (Å²) in [6, 6.07) is 16.2. The second-order valence-corrected chi connectivity index (χ2v) is 6.88. The molecule has 0 bridgehead atoms. The Balaban J connectivity index is 1.62. The quantitative estimate of drug-likeness (QED) is 0.752. The van der Waals surface area contributed by atoms with Crippen LogP contribution < -0.4 is 15.0 Å². The number of hydrogen-bond donors (Lipinski definition) is 1. The van der Waals surface area contributed by atoms with Crippen molar-refractivity contribution in [2.45, 2.75) is 6.54 Å². The van der Waals surface area contributed by atoms with E-state index < -0.39 is 0 Å². The molecule has 27 heavy (non-hydrogen) atoms. The molecule has 140 valence electrons. The van der Waals surface area contributed by atoms with Crippen LogP contribution in [0.4, 0.5) is 11.8 Å². The summed E-state index contributed by atoms with van der Waals surface area (Å²) < 4.78 is 5.32. The maximum absolute atomic E-state index is 5.32. The Kier molecular flexibility index (Phi) is 5.07. The fraction of sp³-hybridized carbons (Fsp3) is 0.333. The summed E-state index contributed by atoms with van der Waals surface area (Å²) in [5.41, 5.74) is 2.12. The SMILES string of the molecule is COc1cccc(CNc2nc(N3CCN(C)CC3)nc3ccccc23)c1. The largest absolute Gasteiger partial charge is 0.497 e. The van der Waals surface area contributed by atoms with Crippen LogP contribution in [0.3, 0.4) is 0 Å². The van der Waals surface area contributed by atoms with Gasteiger partial charge in [-0.25, -0.2) is 4.98 Å². The molecule has 0 aliphatic carbocycles. The lowest BCUT2D eigenvalue weighted by atomic mass is 10.2. The van der Waals surface area contributed by atoms with Crippen molar-refractivity contribution in [3.05, 3.63) is 54.1 Å². The van der Waals surface area contributed by atoms with Gasteiger partial charge < -0.3 is 19.9 Å². The number of rotatable bonds is 5. The summed E-state index contributed by atoms with van der Waals surface area (Å²) in [5, 5.41) is 4.54. The minimum atomic E-state index is 0.681. The van der Waals surface area contributed by atoms with E-state index in [2.05, 4.69) is 34.3 Å². The Labute approximate surface area is 159 Å². The lowest BCUT2D eigenvalue weighted by Crippen LogP contribution is -2.45. The summed E-state index contributed by atoms with van der Waals surface area (Å²) in [6.07, 6.45) is 0. The molecule has 6 heteroatoms. The number of ether oxygens (including phenoxy) is 1. The summed E-state index contributed by atoms with van der Waals surface area (Å²) >= 11 is 0. The van der Waals surface area contributed by atoms with Crippen molar-refractivity contribution < 1.29 is 4.74 Å². The topological polar surface area (TPSA) is 53.5 Å². The van der Waals surface area contributed by atoms with Crippen molar-refractivity contribution in [3.8, 4) is 5.75 Å². The Morgan fingerprint density at radius 2 is 1.81 bits per heavy atom. The van der Waals surface area contributed by atoms with Crippen molar-refractivity contribution in [2.24, 2.45) is 0 Å². The number of anilines is 2. The Hall–Kier alpha value is -2.86. The van der Waals surface area contributed by atoms with E-state index in [9.17, 15) is 0 Å². The molecule has 1 N–H and O–H groups in total. The number of methoxy groups -OCH3 is 1. The molecule has 4 rings (SSSR count). The molecule has 2 aromatic carbocycles. The zero-order chi connectivity index (χ0) is 18.6. The summed E-state index contributed by atoms with van der Waals surface area (Å²) in [4.78, 5) is 14.3. The van der Waals surface area contributed by atoms with E-state index in [4.69, 9.17) is 14.7 Å². The fourth-order valence-electron chi connectivity index (χ4n) is 3.32. The lowest BCUT2D eigenvalue weighted by molar-refractivity contribution is 0.311. The summed E-state index contributed by atoms with van der Waals surface area (Å²) in [6.45, 7) is 4.64. The fourth-order valence-corrected chi connectivity index (χ4v) is 3.32. The number of benzene rings is 2. The van der Waals surface area contributed by atoms with Gasteiger partial charge in [0.25, 0.3) is 0 Å².